The predicted octanol–water partition coefficient (Wildman–Crippen LogP) is 4.10. The van der Waals surface area contributed by atoms with Gasteiger partial charge >= 0.3 is 5.97 Å². The number of fused-ring (bicyclic) bond motifs is 1. The SMILES string of the molecule is Cc1cccc(-n2c(C)nc3ccc(C(=O)O)cc32)c1Br. The summed E-state index contributed by atoms with van der Waals surface area (Å²) in [6.45, 7) is 3.93. The van der Waals surface area contributed by atoms with Crippen LogP contribution in [0.5, 0.6) is 0 Å². The third-order valence-electron chi connectivity index (χ3n) is 3.48. The van der Waals surface area contributed by atoms with E-state index < -0.39 is 5.97 Å². The number of aromatic nitrogens is 2. The van der Waals surface area contributed by atoms with Crippen molar-refractivity contribution in [3.05, 3.63) is 57.8 Å². The van der Waals surface area contributed by atoms with Gasteiger partial charge in [0.05, 0.1) is 22.3 Å². The quantitative estimate of drug-likeness (QED) is 0.761. The fourth-order valence-electron chi connectivity index (χ4n) is 2.44. The highest BCUT2D eigenvalue weighted by molar-refractivity contribution is 9.10. The van der Waals surface area contributed by atoms with Crippen molar-refractivity contribution in [1.82, 2.24) is 9.55 Å². The van der Waals surface area contributed by atoms with Crippen LogP contribution in [0.15, 0.2) is 40.9 Å². The molecule has 0 radical (unpaired) electrons. The molecule has 0 aliphatic heterocycles. The standard InChI is InChI=1S/C16H13BrN2O2/c1-9-4-3-5-13(15(9)17)19-10(2)18-12-7-6-11(16(20)21)8-14(12)19/h3-8H,1-2H3,(H,20,21). The van der Waals surface area contributed by atoms with E-state index in [0.717, 1.165) is 32.6 Å². The van der Waals surface area contributed by atoms with Crippen LogP contribution < -0.4 is 0 Å². The van der Waals surface area contributed by atoms with Crippen LogP contribution in [0.2, 0.25) is 0 Å². The van der Waals surface area contributed by atoms with Crippen molar-refractivity contribution in [3.63, 3.8) is 0 Å². The molecule has 0 amide bonds. The van der Waals surface area contributed by atoms with Crippen molar-refractivity contribution in [3.8, 4) is 5.69 Å². The number of carboxylic acid groups (broad SMARTS) is 1. The highest BCUT2D eigenvalue weighted by atomic mass is 79.9. The van der Waals surface area contributed by atoms with E-state index in [1.54, 1.807) is 18.2 Å². The molecule has 0 spiro atoms. The molecule has 3 rings (SSSR count). The number of hydrogen-bond donors (Lipinski definition) is 1. The Morgan fingerprint density at radius 3 is 2.71 bits per heavy atom. The summed E-state index contributed by atoms with van der Waals surface area (Å²) >= 11 is 3.60. The van der Waals surface area contributed by atoms with E-state index in [1.165, 1.54) is 0 Å². The normalized spacial score (nSPS) is 11.0. The third kappa shape index (κ3) is 2.23. The summed E-state index contributed by atoms with van der Waals surface area (Å²) in [5.41, 5.74) is 3.90. The zero-order valence-electron chi connectivity index (χ0n) is 11.6. The Kier molecular flexibility index (Phi) is 3.29. The number of rotatable bonds is 2. The van der Waals surface area contributed by atoms with Crippen molar-refractivity contribution in [2.45, 2.75) is 13.8 Å². The number of imidazole rings is 1. The Morgan fingerprint density at radius 1 is 1.24 bits per heavy atom. The molecule has 1 heterocycles. The molecule has 3 aromatic rings. The monoisotopic (exact) mass is 344 g/mol. The second-order valence-electron chi connectivity index (χ2n) is 4.91. The van der Waals surface area contributed by atoms with Gasteiger partial charge < -0.3 is 5.11 Å². The minimum Gasteiger partial charge on any atom is -0.478 e. The maximum absolute atomic E-state index is 11.2. The first-order valence-corrected chi connectivity index (χ1v) is 7.26. The van der Waals surface area contributed by atoms with Crippen LogP contribution >= 0.6 is 15.9 Å². The van der Waals surface area contributed by atoms with E-state index in [2.05, 4.69) is 20.9 Å². The van der Waals surface area contributed by atoms with E-state index >= 15 is 0 Å². The van der Waals surface area contributed by atoms with Gasteiger partial charge in [0.15, 0.2) is 0 Å². The summed E-state index contributed by atoms with van der Waals surface area (Å²) in [7, 11) is 0. The molecule has 1 N–H and O–H groups in total. The Hall–Kier alpha value is -2.14. The summed E-state index contributed by atoms with van der Waals surface area (Å²) < 4.78 is 2.95. The lowest BCUT2D eigenvalue weighted by Gasteiger charge is -2.11. The Labute approximate surface area is 130 Å². The first-order chi connectivity index (χ1) is 9.99. The van der Waals surface area contributed by atoms with Crippen LogP contribution in [0.1, 0.15) is 21.7 Å². The third-order valence-corrected chi connectivity index (χ3v) is 4.51. The van der Waals surface area contributed by atoms with E-state index in [0.29, 0.717) is 0 Å². The zero-order chi connectivity index (χ0) is 15.1. The number of hydrogen-bond acceptors (Lipinski definition) is 2. The van der Waals surface area contributed by atoms with Gasteiger partial charge in [-0.2, -0.15) is 0 Å². The van der Waals surface area contributed by atoms with Gasteiger partial charge in [0, 0.05) is 4.47 Å². The number of benzene rings is 2. The van der Waals surface area contributed by atoms with Crippen LogP contribution in [0.3, 0.4) is 0 Å². The number of aryl methyl sites for hydroxylation is 2. The highest BCUT2D eigenvalue weighted by Gasteiger charge is 2.14. The van der Waals surface area contributed by atoms with Crippen molar-refractivity contribution >= 4 is 32.9 Å². The molecule has 0 saturated heterocycles. The molecule has 0 aliphatic rings. The van der Waals surface area contributed by atoms with Gasteiger partial charge in [-0.05, 0) is 59.6 Å². The number of carbonyl (C=O) groups is 1. The summed E-state index contributed by atoms with van der Waals surface area (Å²) in [4.78, 5) is 15.7. The minimum absolute atomic E-state index is 0.257. The molecule has 5 heteroatoms. The fourth-order valence-corrected chi connectivity index (χ4v) is 2.88. The summed E-state index contributed by atoms with van der Waals surface area (Å²) in [6.07, 6.45) is 0. The molecule has 0 fully saturated rings. The first-order valence-electron chi connectivity index (χ1n) is 6.47. The van der Waals surface area contributed by atoms with Gasteiger partial charge in [-0.25, -0.2) is 9.78 Å². The maximum Gasteiger partial charge on any atom is 0.335 e. The number of aromatic carboxylic acids is 1. The van der Waals surface area contributed by atoms with Gasteiger partial charge in [0.25, 0.3) is 0 Å². The average molecular weight is 345 g/mol. The molecular weight excluding hydrogens is 332 g/mol. The second-order valence-corrected chi connectivity index (χ2v) is 5.70. The Balaban J connectivity index is 2.36. The molecule has 106 valence electrons. The van der Waals surface area contributed by atoms with Crippen molar-refractivity contribution < 1.29 is 9.90 Å². The van der Waals surface area contributed by atoms with Crippen LogP contribution in [0.4, 0.5) is 0 Å². The molecule has 0 atom stereocenters. The molecule has 21 heavy (non-hydrogen) atoms. The summed E-state index contributed by atoms with van der Waals surface area (Å²) in [5.74, 6) is -0.121. The number of nitrogens with zero attached hydrogens (tertiary/aromatic N) is 2. The topological polar surface area (TPSA) is 55.1 Å². The van der Waals surface area contributed by atoms with Crippen LogP contribution in [-0.2, 0) is 0 Å². The Morgan fingerprint density at radius 2 is 2.00 bits per heavy atom. The Bertz CT molecular complexity index is 868. The predicted molar refractivity (Wildman–Crippen MR) is 85.2 cm³/mol. The molecular formula is C16H13BrN2O2. The lowest BCUT2D eigenvalue weighted by molar-refractivity contribution is 0.0697. The van der Waals surface area contributed by atoms with Crippen LogP contribution in [0, 0.1) is 13.8 Å². The van der Waals surface area contributed by atoms with Gasteiger partial charge in [0.1, 0.15) is 5.82 Å². The second kappa shape index (κ2) is 5.00. The molecule has 2 aromatic carbocycles. The number of halogens is 1. The van der Waals surface area contributed by atoms with E-state index in [-0.39, 0.29) is 5.56 Å². The van der Waals surface area contributed by atoms with Gasteiger partial charge in [0.2, 0.25) is 0 Å². The van der Waals surface area contributed by atoms with Crippen LogP contribution in [-0.4, -0.2) is 20.6 Å². The highest BCUT2D eigenvalue weighted by Crippen LogP contribution is 2.29. The minimum atomic E-state index is -0.939. The van der Waals surface area contributed by atoms with E-state index in [9.17, 15) is 9.90 Å². The lowest BCUT2D eigenvalue weighted by atomic mass is 10.2. The van der Waals surface area contributed by atoms with E-state index in [4.69, 9.17) is 0 Å². The van der Waals surface area contributed by atoms with Gasteiger partial charge in [-0.1, -0.05) is 12.1 Å². The fraction of sp³-hybridized carbons (Fsp3) is 0.125. The number of carboxylic acids is 1. The molecule has 0 unspecified atom stereocenters. The van der Waals surface area contributed by atoms with Crippen LogP contribution in [0.25, 0.3) is 16.7 Å². The van der Waals surface area contributed by atoms with Crippen molar-refractivity contribution in [2.24, 2.45) is 0 Å². The van der Waals surface area contributed by atoms with Gasteiger partial charge in [-0.3, -0.25) is 4.57 Å². The molecule has 0 saturated carbocycles. The molecule has 0 aliphatic carbocycles. The van der Waals surface area contributed by atoms with E-state index in [1.807, 2.05) is 36.6 Å². The zero-order valence-corrected chi connectivity index (χ0v) is 13.2. The van der Waals surface area contributed by atoms with Gasteiger partial charge in [-0.15, -0.1) is 0 Å². The summed E-state index contributed by atoms with van der Waals surface area (Å²) in [5, 5.41) is 9.17. The lowest BCUT2D eigenvalue weighted by Crippen LogP contribution is -2.00. The average Bonchev–Trinajstić information content (AvgIpc) is 2.77. The van der Waals surface area contributed by atoms with Crippen molar-refractivity contribution in [2.75, 3.05) is 0 Å². The molecule has 0 bridgehead atoms. The smallest absolute Gasteiger partial charge is 0.335 e. The maximum atomic E-state index is 11.2. The molecule has 4 nitrogen and oxygen atoms in total. The summed E-state index contributed by atoms with van der Waals surface area (Å²) in [6, 6.07) is 11.0. The first kappa shape index (κ1) is 13.8. The van der Waals surface area contributed by atoms with Crippen molar-refractivity contribution in [1.29, 1.82) is 0 Å². The molecule has 1 aromatic heterocycles. The largest absolute Gasteiger partial charge is 0.478 e.